The fourth-order valence-corrected chi connectivity index (χ4v) is 1.79. The Labute approximate surface area is 106 Å². The molecule has 1 heterocycles. The highest BCUT2D eigenvalue weighted by Gasteiger charge is 2.16. The average molecular weight is 248 g/mol. The van der Waals surface area contributed by atoms with Gasteiger partial charge in [0.05, 0.1) is 19.8 Å². The predicted octanol–water partition coefficient (Wildman–Crippen LogP) is 0.275. The number of hydrogen-bond acceptors (Lipinski definition) is 4. The molecule has 2 amide bonds. The molecule has 5 nitrogen and oxygen atoms in total. The molecule has 1 N–H and O–H groups in total. The number of carbonyl (C=O) groups is 2. The molecule has 18 heavy (non-hydrogen) atoms. The summed E-state index contributed by atoms with van der Waals surface area (Å²) in [6.07, 6.45) is 0. The van der Waals surface area contributed by atoms with E-state index in [1.807, 2.05) is 11.0 Å². The molecule has 1 aromatic carbocycles. The van der Waals surface area contributed by atoms with Gasteiger partial charge in [0.25, 0.3) is 5.91 Å². The van der Waals surface area contributed by atoms with E-state index >= 15 is 0 Å². The maximum absolute atomic E-state index is 11.7. The Kier molecular flexibility index (Phi) is 4.44. The van der Waals surface area contributed by atoms with Crippen LogP contribution in [0.15, 0.2) is 30.3 Å². The van der Waals surface area contributed by atoms with Crippen LogP contribution in [0.3, 0.4) is 0 Å². The first-order valence-corrected chi connectivity index (χ1v) is 5.95. The molecule has 5 heteroatoms. The molecule has 1 saturated heterocycles. The van der Waals surface area contributed by atoms with Crippen LogP contribution in [-0.4, -0.2) is 49.6 Å². The van der Waals surface area contributed by atoms with Crippen LogP contribution in [-0.2, 0) is 9.53 Å². The summed E-state index contributed by atoms with van der Waals surface area (Å²) in [5.74, 6) is -0.625. The molecule has 0 atom stereocenters. The van der Waals surface area contributed by atoms with E-state index in [0.717, 1.165) is 13.1 Å². The first kappa shape index (κ1) is 12.7. The normalized spacial score (nSPS) is 16.2. The van der Waals surface area contributed by atoms with Crippen molar-refractivity contribution in [3.05, 3.63) is 35.9 Å². The fourth-order valence-electron chi connectivity index (χ4n) is 1.79. The lowest BCUT2D eigenvalue weighted by molar-refractivity contribution is -0.122. The monoisotopic (exact) mass is 248 g/mol. The van der Waals surface area contributed by atoms with Crippen LogP contribution in [0.2, 0.25) is 0 Å². The van der Waals surface area contributed by atoms with Gasteiger partial charge in [0.15, 0.2) is 0 Å². The zero-order valence-electron chi connectivity index (χ0n) is 10.1. The Balaban J connectivity index is 1.82. The second-order valence-electron chi connectivity index (χ2n) is 4.13. The molecule has 1 fully saturated rings. The van der Waals surface area contributed by atoms with E-state index in [2.05, 4.69) is 5.32 Å². The summed E-state index contributed by atoms with van der Waals surface area (Å²) < 4.78 is 5.19. The number of benzene rings is 1. The Bertz CT molecular complexity index is 414. The summed E-state index contributed by atoms with van der Waals surface area (Å²) in [5, 5.41) is 2.38. The molecule has 0 radical (unpaired) electrons. The highest BCUT2D eigenvalue weighted by molar-refractivity contribution is 6.05. The third-order valence-electron chi connectivity index (χ3n) is 2.76. The van der Waals surface area contributed by atoms with Gasteiger partial charge in [0.2, 0.25) is 5.91 Å². The maximum Gasteiger partial charge on any atom is 0.257 e. The quantitative estimate of drug-likeness (QED) is 0.834. The molecule has 0 saturated carbocycles. The van der Waals surface area contributed by atoms with Crippen molar-refractivity contribution in [2.75, 3.05) is 32.8 Å². The lowest BCUT2D eigenvalue weighted by Crippen LogP contribution is -2.44. The lowest BCUT2D eigenvalue weighted by atomic mass is 10.2. The largest absolute Gasteiger partial charge is 0.379 e. The van der Waals surface area contributed by atoms with Crippen LogP contribution in [0.1, 0.15) is 10.4 Å². The highest BCUT2D eigenvalue weighted by Crippen LogP contribution is 1.99. The maximum atomic E-state index is 11.7. The summed E-state index contributed by atoms with van der Waals surface area (Å²) in [5.41, 5.74) is 0.493. The molecule has 1 aromatic rings. The van der Waals surface area contributed by atoms with Gasteiger partial charge in [-0.15, -0.1) is 0 Å². The minimum Gasteiger partial charge on any atom is -0.379 e. The van der Waals surface area contributed by atoms with E-state index in [1.54, 1.807) is 24.3 Å². The van der Waals surface area contributed by atoms with Crippen LogP contribution in [0.25, 0.3) is 0 Å². The second-order valence-corrected chi connectivity index (χ2v) is 4.13. The van der Waals surface area contributed by atoms with E-state index in [4.69, 9.17) is 4.74 Å². The number of amides is 2. The Morgan fingerprint density at radius 1 is 1.17 bits per heavy atom. The van der Waals surface area contributed by atoms with Crippen molar-refractivity contribution in [3.8, 4) is 0 Å². The molecule has 0 aliphatic carbocycles. The van der Waals surface area contributed by atoms with Crippen LogP contribution >= 0.6 is 0 Å². The number of rotatable bonds is 3. The Hall–Kier alpha value is -1.72. The molecular weight excluding hydrogens is 232 g/mol. The second kappa shape index (κ2) is 6.28. The molecule has 2 rings (SSSR count). The lowest BCUT2D eigenvalue weighted by Gasteiger charge is -2.25. The van der Waals surface area contributed by atoms with E-state index in [9.17, 15) is 9.59 Å². The molecule has 0 unspecified atom stereocenters. The van der Waals surface area contributed by atoms with Gasteiger partial charge in [-0.05, 0) is 12.1 Å². The van der Waals surface area contributed by atoms with Gasteiger partial charge in [0.1, 0.15) is 0 Å². The highest BCUT2D eigenvalue weighted by atomic mass is 16.5. The van der Waals surface area contributed by atoms with Crippen molar-refractivity contribution in [1.29, 1.82) is 0 Å². The summed E-state index contributed by atoms with van der Waals surface area (Å²) in [4.78, 5) is 25.4. The molecular formula is C13H16N2O3. The van der Waals surface area contributed by atoms with Crippen molar-refractivity contribution in [1.82, 2.24) is 10.2 Å². The van der Waals surface area contributed by atoms with Gasteiger partial charge in [-0.25, -0.2) is 0 Å². The SMILES string of the molecule is O=C(CN1CCOCC1)NC(=O)c1ccccc1. The van der Waals surface area contributed by atoms with Crippen molar-refractivity contribution in [2.45, 2.75) is 0 Å². The van der Waals surface area contributed by atoms with Gasteiger partial charge in [0, 0.05) is 18.7 Å². The minimum atomic E-state index is -0.353. The molecule has 0 bridgehead atoms. The van der Waals surface area contributed by atoms with Gasteiger partial charge in [-0.3, -0.25) is 19.8 Å². The van der Waals surface area contributed by atoms with Gasteiger partial charge >= 0.3 is 0 Å². The summed E-state index contributed by atoms with van der Waals surface area (Å²) in [7, 11) is 0. The summed E-state index contributed by atoms with van der Waals surface area (Å²) in [6, 6.07) is 8.71. The molecule has 0 spiro atoms. The number of nitrogens with one attached hydrogen (secondary N) is 1. The van der Waals surface area contributed by atoms with Gasteiger partial charge in [-0.1, -0.05) is 18.2 Å². The standard InChI is InChI=1S/C13H16N2O3/c16-12(10-15-6-8-18-9-7-15)14-13(17)11-4-2-1-3-5-11/h1-5H,6-10H2,(H,14,16,17). The van der Waals surface area contributed by atoms with Crippen molar-refractivity contribution in [3.63, 3.8) is 0 Å². The van der Waals surface area contributed by atoms with E-state index in [-0.39, 0.29) is 18.4 Å². The van der Waals surface area contributed by atoms with Gasteiger partial charge < -0.3 is 4.74 Å². The summed E-state index contributed by atoms with van der Waals surface area (Å²) >= 11 is 0. The van der Waals surface area contributed by atoms with Crippen molar-refractivity contribution >= 4 is 11.8 Å². The zero-order valence-corrected chi connectivity index (χ0v) is 10.1. The zero-order chi connectivity index (χ0) is 12.8. The molecule has 96 valence electrons. The molecule has 1 aliphatic rings. The molecule has 1 aliphatic heterocycles. The first-order chi connectivity index (χ1) is 8.75. The minimum absolute atomic E-state index is 0.238. The third kappa shape index (κ3) is 3.65. The first-order valence-electron chi connectivity index (χ1n) is 5.95. The topological polar surface area (TPSA) is 58.6 Å². The smallest absolute Gasteiger partial charge is 0.257 e. The van der Waals surface area contributed by atoms with Crippen LogP contribution < -0.4 is 5.32 Å². The molecule has 0 aromatic heterocycles. The van der Waals surface area contributed by atoms with Gasteiger partial charge in [-0.2, -0.15) is 0 Å². The van der Waals surface area contributed by atoms with Crippen LogP contribution in [0.5, 0.6) is 0 Å². The third-order valence-corrected chi connectivity index (χ3v) is 2.76. The van der Waals surface area contributed by atoms with E-state index < -0.39 is 0 Å². The number of nitrogens with zero attached hydrogens (tertiary/aromatic N) is 1. The Morgan fingerprint density at radius 3 is 2.50 bits per heavy atom. The van der Waals surface area contributed by atoms with Crippen LogP contribution in [0.4, 0.5) is 0 Å². The number of imide groups is 1. The number of carbonyl (C=O) groups excluding carboxylic acids is 2. The average Bonchev–Trinajstić information content (AvgIpc) is 2.40. The predicted molar refractivity (Wildman–Crippen MR) is 66.2 cm³/mol. The van der Waals surface area contributed by atoms with E-state index in [0.29, 0.717) is 18.8 Å². The number of morpholine rings is 1. The number of hydrogen-bond donors (Lipinski definition) is 1. The fraction of sp³-hybridized carbons (Fsp3) is 0.385. The summed E-state index contributed by atoms with van der Waals surface area (Å²) in [6.45, 7) is 2.97. The Morgan fingerprint density at radius 2 is 1.83 bits per heavy atom. The van der Waals surface area contributed by atoms with Crippen LogP contribution in [0, 0.1) is 0 Å². The van der Waals surface area contributed by atoms with Crippen molar-refractivity contribution < 1.29 is 14.3 Å². The van der Waals surface area contributed by atoms with E-state index in [1.165, 1.54) is 0 Å². The number of ether oxygens (including phenoxy) is 1. The van der Waals surface area contributed by atoms with Crippen molar-refractivity contribution in [2.24, 2.45) is 0 Å².